The number of para-hydroxylation sites is 2. The molecule has 0 saturated heterocycles. The number of halogens is 3. The number of hydrogen-bond donors (Lipinski definition) is 1. The van der Waals surface area contributed by atoms with E-state index < -0.39 is 0 Å². The topological polar surface area (TPSA) is 47.3 Å². The van der Waals surface area contributed by atoms with Crippen molar-refractivity contribution in [3.63, 3.8) is 0 Å². The molecule has 0 spiro atoms. The molecule has 170 valence electrons. The summed E-state index contributed by atoms with van der Waals surface area (Å²) in [6.45, 7) is 0.940. The molecule has 0 aliphatic heterocycles. The average Bonchev–Trinajstić information content (AvgIpc) is 3.28. The zero-order valence-electron chi connectivity index (χ0n) is 17.9. The van der Waals surface area contributed by atoms with E-state index in [0.29, 0.717) is 29.1 Å². The van der Waals surface area contributed by atoms with Gasteiger partial charge in [-0.3, -0.25) is 0 Å². The lowest BCUT2D eigenvalue weighted by Crippen LogP contribution is -2.04. The number of benzene rings is 4. The third-order valence-electron chi connectivity index (χ3n) is 5.33. The minimum atomic E-state index is 0.351. The molecule has 0 fully saturated rings. The van der Waals surface area contributed by atoms with E-state index in [4.69, 9.17) is 32.4 Å². The van der Waals surface area contributed by atoms with Gasteiger partial charge in [-0.25, -0.2) is 4.98 Å². The summed E-state index contributed by atoms with van der Waals surface area (Å²) >= 11 is 15.8. The van der Waals surface area contributed by atoms with Crippen molar-refractivity contribution >= 4 is 55.9 Å². The summed E-state index contributed by atoms with van der Waals surface area (Å²) in [6.07, 6.45) is 0. The molecule has 34 heavy (non-hydrogen) atoms. The number of hydrogen-bond acceptors (Lipinski definition) is 4. The number of fused-ring (bicyclic) bond motifs is 1. The molecule has 0 amide bonds. The highest BCUT2D eigenvalue weighted by molar-refractivity contribution is 9.10. The highest BCUT2D eigenvalue weighted by Gasteiger charge is 2.10. The van der Waals surface area contributed by atoms with Gasteiger partial charge in [0.05, 0.1) is 0 Å². The molecule has 1 heterocycles. The van der Waals surface area contributed by atoms with Gasteiger partial charge in [-0.1, -0.05) is 57.3 Å². The van der Waals surface area contributed by atoms with Crippen LogP contribution in [0, 0.1) is 0 Å². The van der Waals surface area contributed by atoms with Crippen LogP contribution in [0.5, 0.6) is 5.75 Å². The van der Waals surface area contributed by atoms with Gasteiger partial charge in [0.2, 0.25) is 5.89 Å². The van der Waals surface area contributed by atoms with Crippen LogP contribution in [0.3, 0.4) is 0 Å². The van der Waals surface area contributed by atoms with Crippen molar-refractivity contribution in [2.75, 3.05) is 5.32 Å². The first-order chi connectivity index (χ1) is 16.5. The SMILES string of the molecule is Clc1ccc(COc2ccc(Br)cc2CNc2ccc(-c3nc4ccccc4o3)cc2)c(Cl)c1. The van der Waals surface area contributed by atoms with Gasteiger partial charge in [0.15, 0.2) is 5.58 Å². The van der Waals surface area contributed by atoms with Gasteiger partial charge in [0.1, 0.15) is 17.9 Å². The van der Waals surface area contributed by atoms with Crippen molar-refractivity contribution in [2.45, 2.75) is 13.2 Å². The van der Waals surface area contributed by atoms with E-state index in [-0.39, 0.29) is 0 Å². The molecule has 1 N–H and O–H groups in total. The van der Waals surface area contributed by atoms with Crippen molar-refractivity contribution < 1.29 is 9.15 Å². The number of nitrogens with one attached hydrogen (secondary N) is 1. The molecule has 0 bridgehead atoms. The van der Waals surface area contributed by atoms with E-state index in [0.717, 1.165) is 43.7 Å². The summed E-state index contributed by atoms with van der Waals surface area (Å²) in [6, 6.07) is 27.1. The Morgan fingerprint density at radius 1 is 0.882 bits per heavy atom. The van der Waals surface area contributed by atoms with Crippen molar-refractivity contribution in [3.8, 4) is 17.2 Å². The van der Waals surface area contributed by atoms with Gasteiger partial charge in [0.25, 0.3) is 0 Å². The molecule has 5 rings (SSSR count). The zero-order valence-corrected chi connectivity index (χ0v) is 21.0. The molecule has 7 heteroatoms. The summed E-state index contributed by atoms with van der Waals surface area (Å²) in [5, 5.41) is 4.64. The fourth-order valence-electron chi connectivity index (χ4n) is 3.54. The van der Waals surface area contributed by atoms with E-state index in [1.807, 2.05) is 72.8 Å². The van der Waals surface area contributed by atoms with Crippen molar-refractivity contribution in [2.24, 2.45) is 0 Å². The van der Waals surface area contributed by atoms with E-state index in [9.17, 15) is 0 Å². The average molecular weight is 554 g/mol. The molecule has 0 radical (unpaired) electrons. The summed E-state index contributed by atoms with van der Waals surface area (Å²) in [4.78, 5) is 4.56. The molecule has 0 unspecified atom stereocenters. The second kappa shape index (κ2) is 10.1. The maximum absolute atomic E-state index is 6.29. The third kappa shape index (κ3) is 5.22. The minimum Gasteiger partial charge on any atom is -0.488 e. The number of rotatable bonds is 7. The molecule has 4 aromatic carbocycles. The molecule has 5 aromatic rings. The second-order valence-electron chi connectivity index (χ2n) is 7.69. The Morgan fingerprint density at radius 2 is 1.71 bits per heavy atom. The van der Waals surface area contributed by atoms with Crippen molar-refractivity contribution in [3.05, 3.63) is 111 Å². The number of anilines is 1. The van der Waals surface area contributed by atoms with Crippen LogP contribution in [-0.2, 0) is 13.2 Å². The quantitative estimate of drug-likeness (QED) is 0.219. The first-order valence-corrected chi connectivity index (χ1v) is 12.1. The summed E-state index contributed by atoms with van der Waals surface area (Å²) in [7, 11) is 0. The molecule has 0 aliphatic carbocycles. The van der Waals surface area contributed by atoms with Crippen LogP contribution in [0.1, 0.15) is 11.1 Å². The standard InChI is InChI=1S/C27H19BrCl2N2O2/c28-20-8-12-25(33-16-18-5-9-21(29)14-23(18)30)19(13-20)15-31-22-10-6-17(7-11-22)27-32-24-3-1-2-4-26(24)34-27/h1-14,31H,15-16H2. The number of ether oxygens (including phenoxy) is 1. The van der Waals surface area contributed by atoms with Crippen LogP contribution in [-0.4, -0.2) is 4.98 Å². The van der Waals surface area contributed by atoms with Crippen molar-refractivity contribution in [1.29, 1.82) is 0 Å². The Kier molecular flexibility index (Phi) is 6.77. The monoisotopic (exact) mass is 552 g/mol. The normalized spacial score (nSPS) is 11.0. The number of nitrogens with zero attached hydrogens (tertiary/aromatic N) is 1. The van der Waals surface area contributed by atoms with Gasteiger partial charge in [0, 0.05) is 43.4 Å². The van der Waals surface area contributed by atoms with E-state index in [1.165, 1.54) is 0 Å². The Labute approximate surface area is 215 Å². The maximum atomic E-state index is 6.29. The Hall–Kier alpha value is -2.99. The molecule has 0 saturated carbocycles. The summed E-state index contributed by atoms with van der Waals surface area (Å²) in [5.74, 6) is 1.39. The predicted molar refractivity (Wildman–Crippen MR) is 142 cm³/mol. The molecule has 4 nitrogen and oxygen atoms in total. The van der Waals surface area contributed by atoms with E-state index >= 15 is 0 Å². The Balaban J connectivity index is 1.27. The molecule has 1 aromatic heterocycles. The second-order valence-corrected chi connectivity index (χ2v) is 9.45. The smallest absolute Gasteiger partial charge is 0.227 e. The van der Waals surface area contributed by atoms with E-state index in [1.54, 1.807) is 12.1 Å². The fraction of sp³-hybridized carbons (Fsp3) is 0.0741. The Bertz CT molecular complexity index is 1420. The van der Waals surface area contributed by atoms with Crippen molar-refractivity contribution in [1.82, 2.24) is 4.98 Å². The van der Waals surface area contributed by atoms with Gasteiger partial charge in [-0.05, 0) is 66.7 Å². The largest absolute Gasteiger partial charge is 0.488 e. The first-order valence-electron chi connectivity index (χ1n) is 10.6. The summed E-state index contributed by atoms with van der Waals surface area (Å²) < 4.78 is 12.9. The molecule has 0 atom stereocenters. The zero-order chi connectivity index (χ0) is 23.5. The molecular formula is C27H19BrCl2N2O2. The highest BCUT2D eigenvalue weighted by atomic mass is 79.9. The number of oxazole rings is 1. The molecular weight excluding hydrogens is 535 g/mol. The predicted octanol–water partition coefficient (Wildman–Crippen LogP) is 8.76. The Morgan fingerprint density at radius 3 is 2.50 bits per heavy atom. The van der Waals surface area contributed by atoms with E-state index in [2.05, 4.69) is 26.2 Å². The fourth-order valence-corrected chi connectivity index (χ4v) is 4.42. The maximum Gasteiger partial charge on any atom is 0.227 e. The third-order valence-corrected chi connectivity index (χ3v) is 6.41. The summed E-state index contributed by atoms with van der Waals surface area (Å²) in [5.41, 5.74) is 5.42. The molecule has 0 aliphatic rings. The van der Waals surface area contributed by atoms with Gasteiger partial charge in [-0.2, -0.15) is 0 Å². The lowest BCUT2D eigenvalue weighted by Gasteiger charge is -2.14. The lowest BCUT2D eigenvalue weighted by atomic mass is 10.1. The van der Waals surface area contributed by atoms with Crippen LogP contribution < -0.4 is 10.1 Å². The van der Waals surface area contributed by atoms with Gasteiger partial charge in [-0.15, -0.1) is 0 Å². The van der Waals surface area contributed by atoms with Gasteiger partial charge < -0.3 is 14.5 Å². The van der Waals surface area contributed by atoms with Crippen LogP contribution in [0.2, 0.25) is 10.0 Å². The highest BCUT2D eigenvalue weighted by Crippen LogP contribution is 2.29. The van der Waals surface area contributed by atoms with Crippen LogP contribution in [0.15, 0.2) is 93.8 Å². The first kappa shape index (κ1) is 22.8. The van der Waals surface area contributed by atoms with Gasteiger partial charge >= 0.3 is 0 Å². The van der Waals surface area contributed by atoms with Crippen LogP contribution in [0.4, 0.5) is 5.69 Å². The lowest BCUT2D eigenvalue weighted by molar-refractivity contribution is 0.303. The van der Waals surface area contributed by atoms with Crippen LogP contribution >= 0.6 is 39.1 Å². The van der Waals surface area contributed by atoms with Crippen LogP contribution in [0.25, 0.3) is 22.6 Å². The minimum absolute atomic E-state index is 0.351. The number of aromatic nitrogens is 1.